The van der Waals surface area contributed by atoms with Crippen LogP contribution in [0.15, 0.2) is 18.2 Å². The number of hydrogen-bond acceptors (Lipinski definition) is 6. The average molecular weight is 416 g/mol. The van der Waals surface area contributed by atoms with Crippen LogP contribution in [-0.2, 0) is 19.1 Å². The number of esters is 2. The molecule has 1 aromatic carbocycles. The highest BCUT2D eigenvalue weighted by Crippen LogP contribution is 2.36. The van der Waals surface area contributed by atoms with E-state index in [1.165, 1.54) is 25.3 Å². The molecule has 0 aliphatic carbocycles. The Morgan fingerprint density at radius 1 is 1.33 bits per heavy atom. The van der Waals surface area contributed by atoms with Gasteiger partial charge in [-0.1, -0.05) is 31.9 Å². The van der Waals surface area contributed by atoms with Crippen molar-refractivity contribution in [3.63, 3.8) is 0 Å². The lowest BCUT2D eigenvalue weighted by molar-refractivity contribution is -0.147. The average Bonchev–Trinajstić information content (AvgIpc) is 2.98. The number of nitrogens with one attached hydrogen (secondary N) is 1. The van der Waals surface area contributed by atoms with Crippen LogP contribution in [0.25, 0.3) is 10.1 Å². The van der Waals surface area contributed by atoms with E-state index in [4.69, 9.17) is 16.3 Å². The molecule has 0 radical (unpaired) electrons. The minimum atomic E-state index is -0.831. The van der Waals surface area contributed by atoms with E-state index in [-0.39, 0.29) is 15.8 Å². The summed E-state index contributed by atoms with van der Waals surface area (Å²) in [5, 5.41) is 3.18. The van der Waals surface area contributed by atoms with Gasteiger partial charge in [0.05, 0.1) is 12.1 Å². The molecule has 0 aliphatic rings. The molecular weight excluding hydrogens is 397 g/mol. The molecular formula is C18H19ClFNO5S. The van der Waals surface area contributed by atoms with Crippen molar-refractivity contribution in [2.45, 2.75) is 26.3 Å². The van der Waals surface area contributed by atoms with Gasteiger partial charge in [0.2, 0.25) is 0 Å². The Morgan fingerprint density at radius 2 is 2.04 bits per heavy atom. The van der Waals surface area contributed by atoms with Gasteiger partial charge in [-0.3, -0.25) is 4.79 Å². The molecule has 1 amide bonds. The Bertz CT molecular complexity index is 869. The zero-order valence-electron chi connectivity index (χ0n) is 15.0. The molecule has 2 rings (SSSR count). The van der Waals surface area contributed by atoms with Crippen LogP contribution in [0.5, 0.6) is 0 Å². The maximum atomic E-state index is 13.3. The van der Waals surface area contributed by atoms with Crippen LogP contribution in [0.2, 0.25) is 5.02 Å². The van der Waals surface area contributed by atoms with Gasteiger partial charge < -0.3 is 14.8 Å². The van der Waals surface area contributed by atoms with E-state index in [1.54, 1.807) is 6.92 Å². The first kappa shape index (κ1) is 21.1. The minimum absolute atomic E-state index is 0.0801. The first-order valence-corrected chi connectivity index (χ1v) is 9.39. The zero-order chi connectivity index (χ0) is 20.1. The molecule has 2 atom stereocenters. The number of benzene rings is 1. The summed E-state index contributed by atoms with van der Waals surface area (Å²) in [6.45, 7) is 3.09. The SMILES string of the molecule is CC[C@H](C)[C@H](NC(=O)COC(=O)c1sc2cc(F)ccc2c1Cl)C(=O)OC. The summed E-state index contributed by atoms with van der Waals surface area (Å²) in [5.74, 6) is -2.60. The fraction of sp³-hybridized carbons (Fsp3) is 0.389. The van der Waals surface area contributed by atoms with E-state index in [2.05, 4.69) is 10.1 Å². The van der Waals surface area contributed by atoms with Gasteiger partial charge in [-0.2, -0.15) is 0 Å². The summed E-state index contributed by atoms with van der Waals surface area (Å²) in [5.41, 5.74) is 0. The number of carbonyl (C=O) groups is 3. The van der Waals surface area contributed by atoms with Gasteiger partial charge >= 0.3 is 11.9 Å². The highest BCUT2D eigenvalue weighted by atomic mass is 35.5. The summed E-state index contributed by atoms with van der Waals surface area (Å²) in [6, 6.07) is 3.15. The number of amides is 1. The molecule has 0 spiro atoms. The predicted octanol–water partition coefficient (Wildman–Crippen LogP) is 3.55. The predicted molar refractivity (Wildman–Crippen MR) is 100 cm³/mol. The number of hydrogen-bond donors (Lipinski definition) is 1. The fourth-order valence-electron chi connectivity index (χ4n) is 2.38. The molecule has 146 valence electrons. The lowest BCUT2D eigenvalue weighted by Gasteiger charge is -2.21. The summed E-state index contributed by atoms with van der Waals surface area (Å²) >= 11 is 7.13. The summed E-state index contributed by atoms with van der Waals surface area (Å²) in [6.07, 6.45) is 0.647. The highest BCUT2D eigenvalue weighted by Gasteiger charge is 2.27. The van der Waals surface area contributed by atoms with Crippen molar-refractivity contribution in [2.24, 2.45) is 5.92 Å². The second-order valence-corrected chi connectivity index (χ2v) is 7.35. The number of fused-ring (bicyclic) bond motifs is 1. The van der Waals surface area contributed by atoms with E-state index in [0.717, 1.165) is 11.3 Å². The number of ether oxygens (including phenoxy) is 2. The third-order valence-corrected chi connectivity index (χ3v) is 5.73. The van der Waals surface area contributed by atoms with Crippen LogP contribution in [0.4, 0.5) is 4.39 Å². The monoisotopic (exact) mass is 415 g/mol. The van der Waals surface area contributed by atoms with Crippen molar-refractivity contribution in [2.75, 3.05) is 13.7 Å². The van der Waals surface area contributed by atoms with E-state index in [1.807, 2.05) is 6.92 Å². The van der Waals surface area contributed by atoms with E-state index in [9.17, 15) is 18.8 Å². The van der Waals surface area contributed by atoms with Crippen molar-refractivity contribution < 1.29 is 28.2 Å². The van der Waals surface area contributed by atoms with Gasteiger partial charge in [0.25, 0.3) is 5.91 Å². The molecule has 1 aromatic heterocycles. The van der Waals surface area contributed by atoms with Gasteiger partial charge in [0.15, 0.2) is 6.61 Å². The van der Waals surface area contributed by atoms with Crippen molar-refractivity contribution in [3.05, 3.63) is 33.9 Å². The van der Waals surface area contributed by atoms with Gasteiger partial charge in [-0.15, -0.1) is 11.3 Å². The third kappa shape index (κ3) is 4.95. The summed E-state index contributed by atoms with van der Waals surface area (Å²) in [7, 11) is 1.23. The van der Waals surface area contributed by atoms with Gasteiger partial charge in [0.1, 0.15) is 16.7 Å². The first-order chi connectivity index (χ1) is 12.8. The lowest BCUT2D eigenvalue weighted by atomic mass is 9.99. The molecule has 2 aromatic rings. The maximum Gasteiger partial charge on any atom is 0.350 e. The molecule has 1 heterocycles. The standard InChI is InChI=1S/C18H19ClFNO5S/c1-4-9(2)15(17(23)25-3)21-13(22)8-26-18(24)16-14(19)11-6-5-10(20)7-12(11)27-16/h5-7,9,15H,4,8H2,1-3H3,(H,21,22)/t9-,15-/m0/s1. The Hall–Kier alpha value is -2.19. The van der Waals surface area contributed by atoms with Crippen molar-refractivity contribution >= 4 is 50.9 Å². The topological polar surface area (TPSA) is 81.7 Å². The number of rotatable bonds is 7. The molecule has 0 aliphatic heterocycles. The van der Waals surface area contributed by atoms with Crippen LogP contribution >= 0.6 is 22.9 Å². The normalized spacial score (nSPS) is 13.1. The molecule has 0 fully saturated rings. The molecule has 0 unspecified atom stereocenters. The van der Waals surface area contributed by atoms with Crippen molar-refractivity contribution in [1.82, 2.24) is 5.32 Å². The van der Waals surface area contributed by atoms with Gasteiger partial charge in [-0.25, -0.2) is 14.0 Å². The molecule has 0 bridgehead atoms. The van der Waals surface area contributed by atoms with E-state index in [0.29, 0.717) is 16.5 Å². The summed E-state index contributed by atoms with van der Waals surface area (Å²) in [4.78, 5) is 36.2. The number of halogens is 2. The first-order valence-electron chi connectivity index (χ1n) is 8.20. The van der Waals surface area contributed by atoms with E-state index < -0.39 is 36.3 Å². The Morgan fingerprint density at radius 3 is 2.67 bits per heavy atom. The summed E-state index contributed by atoms with van der Waals surface area (Å²) < 4.78 is 23.5. The Balaban J connectivity index is 2.03. The van der Waals surface area contributed by atoms with Crippen LogP contribution in [0, 0.1) is 11.7 Å². The second kappa shape index (κ2) is 9.14. The molecule has 1 N–H and O–H groups in total. The lowest BCUT2D eigenvalue weighted by Crippen LogP contribution is -2.47. The Kier molecular flexibility index (Phi) is 7.15. The third-order valence-electron chi connectivity index (χ3n) is 4.10. The van der Waals surface area contributed by atoms with E-state index >= 15 is 0 Å². The zero-order valence-corrected chi connectivity index (χ0v) is 16.6. The van der Waals surface area contributed by atoms with Crippen LogP contribution in [-0.4, -0.2) is 37.6 Å². The quantitative estimate of drug-likeness (QED) is 0.699. The smallest absolute Gasteiger partial charge is 0.350 e. The van der Waals surface area contributed by atoms with Crippen LogP contribution in [0.1, 0.15) is 29.9 Å². The van der Waals surface area contributed by atoms with Crippen LogP contribution < -0.4 is 5.32 Å². The molecule has 0 saturated carbocycles. The fourth-order valence-corrected chi connectivity index (χ4v) is 3.81. The number of carbonyl (C=O) groups excluding carboxylic acids is 3. The maximum absolute atomic E-state index is 13.3. The van der Waals surface area contributed by atoms with Crippen molar-refractivity contribution in [1.29, 1.82) is 0 Å². The molecule has 0 saturated heterocycles. The highest BCUT2D eigenvalue weighted by molar-refractivity contribution is 7.21. The molecule has 27 heavy (non-hydrogen) atoms. The molecule has 6 nitrogen and oxygen atoms in total. The minimum Gasteiger partial charge on any atom is -0.467 e. The van der Waals surface area contributed by atoms with Gasteiger partial charge in [0, 0.05) is 10.1 Å². The van der Waals surface area contributed by atoms with Crippen LogP contribution in [0.3, 0.4) is 0 Å². The number of methoxy groups -OCH3 is 1. The van der Waals surface area contributed by atoms with Crippen molar-refractivity contribution in [3.8, 4) is 0 Å². The van der Waals surface area contributed by atoms with Gasteiger partial charge in [-0.05, 0) is 24.1 Å². The largest absolute Gasteiger partial charge is 0.467 e. The second-order valence-electron chi connectivity index (χ2n) is 5.92. The molecule has 9 heteroatoms. The Labute approximate surface area is 164 Å². The number of thiophene rings is 1.